The number of hydrogen-bond acceptors (Lipinski definition) is 5. The molecule has 1 atom stereocenters. The normalized spacial score (nSPS) is 20.3. The van der Waals surface area contributed by atoms with Crippen LogP contribution < -0.4 is 0 Å². The van der Waals surface area contributed by atoms with Gasteiger partial charge in [0.25, 0.3) is 10.0 Å². The lowest BCUT2D eigenvalue weighted by molar-refractivity contribution is -0.139. The Morgan fingerprint density at radius 1 is 1.36 bits per heavy atom. The molecule has 0 amide bonds. The average Bonchev–Trinajstić information content (AvgIpc) is 2.92. The van der Waals surface area contributed by atoms with E-state index in [1.54, 1.807) is 24.3 Å². The lowest BCUT2D eigenvalue weighted by Gasteiger charge is -2.32. The van der Waals surface area contributed by atoms with Crippen LogP contribution in [-0.4, -0.2) is 49.6 Å². The van der Waals surface area contributed by atoms with E-state index in [0.717, 1.165) is 4.31 Å². The van der Waals surface area contributed by atoms with Gasteiger partial charge in [-0.1, -0.05) is 18.2 Å². The van der Waals surface area contributed by atoms with Gasteiger partial charge in [0, 0.05) is 18.0 Å². The van der Waals surface area contributed by atoms with Crippen LogP contribution in [-0.2, 0) is 19.6 Å². The van der Waals surface area contributed by atoms with Crippen molar-refractivity contribution in [3.05, 3.63) is 30.3 Å². The second kappa shape index (κ2) is 5.71. The van der Waals surface area contributed by atoms with E-state index >= 15 is 0 Å². The predicted octanol–water partition coefficient (Wildman–Crippen LogP) is 1.30. The number of fused-ring (bicyclic) bond motifs is 1. The maximum Gasteiger partial charge on any atom is 0.305 e. The molecule has 7 nitrogen and oxygen atoms in total. The minimum atomic E-state index is -3.90. The summed E-state index contributed by atoms with van der Waals surface area (Å²) < 4.78 is 37.2. The SMILES string of the molecule is O=C(O)C[C@@H]1COCCN1S(=O)(=O)c1cc2ccccc2o1. The van der Waals surface area contributed by atoms with Gasteiger partial charge in [0.15, 0.2) is 0 Å². The zero-order valence-electron chi connectivity index (χ0n) is 11.6. The first kappa shape index (κ1) is 15.0. The maximum atomic E-state index is 12.7. The molecule has 0 bridgehead atoms. The molecule has 0 saturated carbocycles. The largest absolute Gasteiger partial charge is 0.481 e. The first-order chi connectivity index (χ1) is 10.5. The average molecular weight is 325 g/mol. The standard InChI is InChI=1S/C14H15NO6S/c16-13(17)8-11-9-20-6-5-15(11)22(18,19)14-7-10-3-1-2-4-12(10)21-14/h1-4,7,11H,5-6,8-9H2,(H,16,17)/t11-/m1/s1. The molecule has 8 heteroatoms. The lowest BCUT2D eigenvalue weighted by Crippen LogP contribution is -2.49. The molecule has 1 fully saturated rings. The van der Waals surface area contributed by atoms with Gasteiger partial charge in [-0.15, -0.1) is 0 Å². The molecule has 1 aliphatic heterocycles. The molecule has 2 heterocycles. The van der Waals surface area contributed by atoms with Crippen LogP contribution in [0.4, 0.5) is 0 Å². The molecule has 22 heavy (non-hydrogen) atoms. The highest BCUT2D eigenvalue weighted by Gasteiger charge is 2.37. The summed E-state index contributed by atoms with van der Waals surface area (Å²) in [6.45, 7) is 0.401. The molecular formula is C14H15NO6S. The third kappa shape index (κ3) is 2.72. The quantitative estimate of drug-likeness (QED) is 0.910. The van der Waals surface area contributed by atoms with E-state index in [0.29, 0.717) is 11.0 Å². The molecule has 3 rings (SSSR count). The maximum absolute atomic E-state index is 12.7. The zero-order valence-corrected chi connectivity index (χ0v) is 12.5. The fourth-order valence-electron chi connectivity index (χ4n) is 2.52. The Kier molecular flexibility index (Phi) is 3.90. The van der Waals surface area contributed by atoms with Crippen LogP contribution in [0.3, 0.4) is 0 Å². The van der Waals surface area contributed by atoms with Gasteiger partial charge >= 0.3 is 5.97 Å². The van der Waals surface area contributed by atoms with E-state index in [9.17, 15) is 13.2 Å². The van der Waals surface area contributed by atoms with Crippen LogP contribution in [0.5, 0.6) is 0 Å². The van der Waals surface area contributed by atoms with Gasteiger partial charge in [0.1, 0.15) is 5.58 Å². The molecule has 0 unspecified atom stereocenters. The summed E-state index contributed by atoms with van der Waals surface area (Å²) in [6, 6.07) is 7.71. The molecule has 0 radical (unpaired) electrons. The van der Waals surface area contributed by atoms with Crippen molar-refractivity contribution in [3.63, 3.8) is 0 Å². The van der Waals surface area contributed by atoms with Crippen molar-refractivity contribution in [2.75, 3.05) is 19.8 Å². The second-order valence-corrected chi connectivity index (χ2v) is 6.87. The lowest BCUT2D eigenvalue weighted by atomic mass is 10.2. The molecular weight excluding hydrogens is 310 g/mol. The Morgan fingerprint density at radius 3 is 2.86 bits per heavy atom. The first-order valence-electron chi connectivity index (χ1n) is 6.78. The fourth-order valence-corrected chi connectivity index (χ4v) is 4.06. The molecule has 118 valence electrons. The van der Waals surface area contributed by atoms with Gasteiger partial charge < -0.3 is 14.3 Å². The Morgan fingerprint density at radius 2 is 2.14 bits per heavy atom. The summed E-state index contributed by atoms with van der Waals surface area (Å²) in [6.07, 6.45) is -0.306. The summed E-state index contributed by atoms with van der Waals surface area (Å²) in [5.74, 6) is -1.07. The zero-order chi connectivity index (χ0) is 15.7. The number of para-hydroxylation sites is 1. The molecule has 1 aliphatic rings. The number of rotatable bonds is 4. The van der Waals surface area contributed by atoms with Crippen LogP contribution >= 0.6 is 0 Å². The summed E-state index contributed by atoms with van der Waals surface area (Å²) in [7, 11) is -3.90. The van der Waals surface area contributed by atoms with E-state index in [2.05, 4.69) is 0 Å². The van der Waals surface area contributed by atoms with Crippen LogP contribution in [0.1, 0.15) is 6.42 Å². The Labute approximate surface area is 127 Å². The third-order valence-electron chi connectivity index (χ3n) is 3.55. The van der Waals surface area contributed by atoms with E-state index in [-0.39, 0.29) is 31.3 Å². The minimum Gasteiger partial charge on any atom is -0.481 e. The third-order valence-corrected chi connectivity index (χ3v) is 5.36. The van der Waals surface area contributed by atoms with Crippen molar-refractivity contribution >= 4 is 27.0 Å². The van der Waals surface area contributed by atoms with Crippen LogP contribution in [0.25, 0.3) is 11.0 Å². The van der Waals surface area contributed by atoms with E-state index in [1.807, 2.05) is 0 Å². The van der Waals surface area contributed by atoms with Crippen molar-refractivity contribution in [2.24, 2.45) is 0 Å². The summed E-state index contributed by atoms with van der Waals surface area (Å²) in [5.41, 5.74) is 0.476. The van der Waals surface area contributed by atoms with E-state index in [4.69, 9.17) is 14.3 Å². The predicted molar refractivity (Wildman–Crippen MR) is 77.0 cm³/mol. The number of morpholine rings is 1. The fraction of sp³-hybridized carbons (Fsp3) is 0.357. The molecule has 0 aliphatic carbocycles. The number of hydrogen-bond donors (Lipinski definition) is 1. The number of nitrogens with zero attached hydrogens (tertiary/aromatic N) is 1. The minimum absolute atomic E-state index is 0.0613. The number of benzene rings is 1. The molecule has 0 spiro atoms. The van der Waals surface area contributed by atoms with Gasteiger partial charge in [-0.05, 0) is 6.07 Å². The highest BCUT2D eigenvalue weighted by molar-refractivity contribution is 7.89. The van der Waals surface area contributed by atoms with Gasteiger partial charge in [0.2, 0.25) is 5.09 Å². The van der Waals surface area contributed by atoms with Gasteiger partial charge in [-0.25, -0.2) is 8.42 Å². The summed E-state index contributed by atoms with van der Waals surface area (Å²) >= 11 is 0. The Hall–Kier alpha value is -1.90. The molecule has 2 aromatic rings. The van der Waals surface area contributed by atoms with Crippen LogP contribution in [0.15, 0.2) is 39.8 Å². The van der Waals surface area contributed by atoms with E-state index in [1.165, 1.54) is 6.07 Å². The number of carboxylic acid groups (broad SMARTS) is 1. The van der Waals surface area contributed by atoms with Gasteiger partial charge in [-0.3, -0.25) is 4.79 Å². The number of carboxylic acids is 1. The Bertz CT molecular complexity index is 764. The van der Waals surface area contributed by atoms with Gasteiger partial charge in [0.05, 0.1) is 25.7 Å². The smallest absolute Gasteiger partial charge is 0.305 e. The summed E-state index contributed by atoms with van der Waals surface area (Å²) in [5, 5.41) is 9.44. The van der Waals surface area contributed by atoms with Crippen molar-refractivity contribution in [1.82, 2.24) is 4.31 Å². The number of sulfonamides is 1. The highest BCUT2D eigenvalue weighted by atomic mass is 32.2. The van der Waals surface area contributed by atoms with Crippen molar-refractivity contribution in [3.8, 4) is 0 Å². The molecule has 1 aromatic carbocycles. The van der Waals surface area contributed by atoms with E-state index < -0.39 is 22.0 Å². The van der Waals surface area contributed by atoms with Crippen molar-refractivity contribution in [2.45, 2.75) is 17.6 Å². The van der Waals surface area contributed by atoms with Crippen molar-refractivity contribution < 1.29 is 27.5 Å². The monoisotopic (exact) mass is 325 g/mol. The molecule has 1 saturated heterocycles. The van der Waals surface area contributed by atoms with Crippen LogP contribution in [0, 0.1) is 0 Å². The second-order valence-electron chi connectivity index (χ2n) is 5.05. The highest BCUT2D eigenvalue weighted by Crippen LogP contribution is 2.27. The molecule has 1 N–H and O–H groups in total. The summed E-state index contributed by atoms with van der Waals surface area (Å²) in [4.78, 5) is 10.9. The van der Waals surface area contributed by atoms with Crippen molar-refractivity contribution in [1.29, 1.82) is 0 Å². The van der Waals surface area contributed by atoms with Gasteiger partial charge in [-0.2, -0.15) is 4.31 Å². The number of carbonyl (C=O) groups is 1. The topological polar surface area (TPSA) is 97.0 Å². The van der Waals surface area contributed by atoms with Crippen LogP contribution in [0.2, 0.25) is 0 Å². The molecule has 1 aromatic heterocycles. The number of ether oxygens (including phenoxy) is 1. The number of aliphatic carboxylic acids is 1. The first-order valence-corrected chi connectivity index (χ1v) is 8.22. The number of furan rings is 1. The Balaban J connectivity index is 1.97.